The summed E-state index contributed by atoms with van der Waals surface area (Å²) in [6.45, 7) is 5.81. The van der Waals surface area contributed by atoms with E-state index in [0.29, 0.717) is 0 Å². The van der Waals surface area contributed by atoms with Gasteiger partial charge >= 0.3 is 5.97 Å². The number of hydrogen-bond acceptors (Lipinski definition) is 4. The summed E-state index contributed by atoms with van der Waals surface area (Å²) < 4.78 is 4.55. The molecule has 0 aromatic heterocycles. The zero-order valence-electron chi connectivity index (χ0n) is 7.28. The third kappa shape index (κ3) is 2.64. The highest BCUT2D eigenvalue weighted by Crippen LogP contribution is 2.17. The van der Waals surface area contributed by atoms with Gasteiger partial charge in [-0.15, -0.1) is 0 Å². The summed E-state index contributed by atoms with van der Waals surface area (Å²) >= 11 is 0. The van der Waals surface area contributed by atoms with Gasteiger partial charge in [0.1, 0.15) is 6.61 Å². The first-order chi connectivity index (χ1) is 5.46. The fraction of sp³-hybridized carbons (Fsp3) is 0.625. The second kappa shape index (κ2) is 4.23. The van der Waals surface area contributed by atoms with E-state index in [2.05, 4.69) is 11.3 Å². The van der Waals surface area contributed by atoms with Crippen molar-refractivity contribution in [3.05, 3.63) is 12.7 Å². The summed E-state index contributed by atoms with van der Waals surface area (Å²) in [5.41, 5.74) is 0. The topological polar surface area (TPSA) is 66.8 Å². The minimum absolute atomic E-state index is 0.369. The van der Waals surface area contributed by atoms with Crippen LogP contribution in [-0.2, 0) is 9.53 Å². The van der Waals surface area contributed by atoms with Gasteiger partial charge in [0.2, 0.25) is 5.79 Å². The van der Waals surface area contributed by atoms with Crippen LogP contribution in [0, 0.1) is 5.92 Å². The van der Waals surface area contributed by atoms with Gasteiger partial charge in [-0.1, -0.05) is 20.4 Å². The quantitative estimate of drug-likeness (QED) is 0.359. The van der Waals surface area contributed by atoms with E-state index in [4.69, 9.17) is 5.11 Å². The Bertz CT molecular complexity index is 176. The SMILES string of the molecule is C=CC(=O)OC(O)(CO)C(C)C. The lowest BCUT2D eigenvalue weighted by Crippen LogP contribution is -2.43. The molecule has 0 amide bonds. The number of rotatable bonds is 4. The molecule has 0 heterocycles. The number of carbonyl (C=O) groups is 1. The molecule has 2 N–H and O–H groups in total. The highest BCUT2D eigenvalue weighted by Gasteiger charge is 2.33. The van der Waals surface area contributed by atoms with Crippen molar-refractivity contribution >= 4 is 5.97 Å². The average Bonchev–Trinajstić information content (AvgIpc) is 2.03. The Labute approximate surface area is 71.5 Å². The van der Waals surface area contributed by atoms with Crippen LogP contribution in [0.15, 0.2) is 12.7 Å². The van der Waals surface area contributed by atoms with Crippen LogP contribution in [0.4, 0.5) is 0 Å². The lowest BCUT2D eigenvalue weighted by molar-refractivity contribution is -0.237. The minimum atomic E-state index is -1.80. The van der Waals surface area contributed by atoms with Gasteiger partial charge in [-0.3, -0.25) is 0 Å². The summed E-state index contributed by atoms with van der Waals surface area (Å²) in [7, 11) is 0. The van der Waals surface area contributed by atoms with Gasteiger partial charge in [0.05, 0.1) is 0 Å². The summed E-state index contributed by atoms with van der Waals surface area (Å²) in [6.07, 6.45) is 0.934. The maximum Gasteiger partial charge on any atom is 0.332 e. The summed E-state index contributed by atoms with van der Waals surface area (Å²) in [6, 6.07) is 0. The molecule has 70 valence electrons. The molecule has 0 fully saturated rings. The average molecular weight is 174 g/mol. The molecular weight excluding hydrogens is 160 g/mol. The standard InChI is InChI=1S/C8H14O4/c1-4-7(10)12-8(11,5-9)6(2)3/h4,6,9,11H,1,5H2,2-3H3. The fourth-order valence-electron chi connectivity index (χ4n) is 0.549. The Kier molecular flexibility index (Phi) is 3.92. The molecule has 4 heteroatoms. The van der Waals surface area contributed by atoms with Crippen LogP contribution in [-0.4, -0.2) is 28.6 Å². The molecular formula is C8H14O4. The molecule has 0 aliphatic rings. The molecule has 4 nitrogen and oxygen atoms in total. The highest BCUT2D eigenvalue weighted by atomic mass is 16.7. The molecule has 0 aliphatic heterocycles. The van der Waals surface area contributed by atoms with Crippen LogP contribution in [0.3, 0.4) is 0 Å². The second-order valence-electron chi connectivity index (χ2n) is 2.78. The first kappa shape index (κ1) is 11.1. The van der Waals surface area contributed by atoms with Crippen LogP contribution in [0.1, 0.15) is 13.8 Å². The number of aliphatic hydroxyl groups is 2. The molecule has 0 bridgehead atoms. The van der Waals surface area contributed by atoms with Crippen molar-refractivity contribution in [3.63, 3.8) is 0 Å². The first-order valence-electron chi connectivity index (χ1n) is 3.65. The molecule has 12 heavy (non-hydrogen) atoms. The van der Waals surface area contributed by atoms with E-state index in [1.807, 2.05) is 0 Å². The lowest BCUT2D eigenvalue weighted by Gasteiger charge is -2.28. The molecule has 0 aromatic carbocycles. The molecule has 0 aromatic rings. The predicted molar refractivity (Wildman–Crippen MR) is 43.2 cm³/mol. The normalized spacial score (nSPS) is 15.4. The monoisotopic (exact) mass is 174 g/mol. The third-order valence-electron chi connectivity index (χ3n) is 1.57. The van der Waals surface area contributed by atoms with Crippen molar-refractivity contribution in [3.8, 4) is 0 Å². The highest BCUT2D eigenvalue weighted by molar-refractivity contribution is 5.81. The zero-order chi connectivity index (χ0) is 9.78. The zero-order valence-corrected chi connectivity index (χ0v) is 7.28. The smallest absolute Gasteiger partial charge is 0.332 e. The Morgan fingerprint density at radius 2 is 2.25 bits per heavy atom. The van der Waals surface area contributed by atoms with Gasteiger partial charge in [0.25, 0.3) is 0 Å². The van der Waals surface area contributed by atoms with Crippen molar-refractivity contribution in [2.75, 3.05) is 6.61 Å². The minimum Gasteiger partial charge on any atom is -0.427 e. The second-order valence-corrected chi connectivity index (χ2v) is 2.78. The van der Waals surface area contributed by atoms with Gasteiger partial charge < -0.3 is 14.9 Å². The Hall–Kier alpha value is -0.870. The molecule has 0 saturated heterocycles. The van der Waals surface area contributed by atoms with Crippen molar-refractivity contribution in [2.24, 2.45) is 5.92 Å². The van der Waals surface area contributed by atoms with E-state index in [9.17, 15) is 9.90 Å². The third-order valence-corrected chi connectivity index (χ3v) is 1.57. The van der Waals surface area contributed by atoms with Crippen LogP contribution >= 0.6 is 0 Å². The van der Waals surface area contributed by atoms with Crippen LogP contribution < -0.4 is 0 Å². The first-order valence-corrected chi connectivity index (χ1v) is 3.65. The number of ether oxygens (including phenoxy) is 1. The lowest BCUT2D eigenvalue weighted by atomic mass is 10.0. The van der Waals surface area contributed by atoms with E-state index in [0.717, 1.165) is 6.08 Å². The molecule has 0 aliphatic carbocycles. The van der Waals surface area contributed by atoms with E-state index >= 15 is 0 Å². The molecule has 0 spiro atoms. The predicted octanol–water partition coefficient (Wildman–Crippen LogP) is 0.0525. The number of hydrogen-bond donors (Lipinski definition) is 2. The van der Waals surface area contributed by atoms with Crippen LogP contribution in [0.25, 0.3) is 0 Å². The summed E-state index contributed by atoms with van der Waals surface area (Å²) in [5.74, 6) is -2.92. The summed E-state index contributed by atoms with van der Waals surface area (Å²) in [5, 5.41) is 18.2. The van der Waals surface area contributed by atoms with E-state index in [-0.39, 0.29) is 5.92 Å². The van der Waals surface area contributed by atoms with E-state index in [1.165, 1.54) is 0 Å². The van der Waals surface area contributed by atoms with Gasteiger partial charge in [-0.05, 0) is 0 Å². The molecule has 1 atom stereocenters. The summed E-state index contributed by atoms with van der Waals surface area (Å²) in [4.78, 5) is 10.7. The van der Waals surface area contributed by atoms with Gasteiger partial charge in [0, 0.05) is 12.0 Å². The number of carbonyl (C=O) groups excluding carboxylic acids is 1. The number of esters is 1. The molecule has 0 rings (SSSR count). The van der Waals surface area contributed by atoms with Crippen LogP contribution in [0.5, 0.6) is 0 Å². The Morgan fingerprint density at radius 1 is 1.75 bits per heavy atom. The Morgan fingerprint density at radius 3 is 2.50 bits per heavy atom. The van der Waals surface area contributed by atoms with Gasteiger partial charge in [-0.2, -0.15) is 0 Å². The van der Waals surface area contributed by atoms with Crippen molar-refractivity contribution < 1.29 is 19.7 Å². The van der Waals surface area contributed by atoms with Gasteiger partial charge in [0.15, 0.2) is 0 Å². The van der Waals surface area contributed by atoms with Crippen molar-refractivity contribution in [1.29, 1.82) is 0 Å². The molecule has 0 saturated carbocycles. The maximum absolute atomic E-state index is 10.7. The van der Waals surface area contributed by atoms with E-state index < -0.39 is 18.4 Å². The van der Waals surface area contributed by atoms with Crippen LogP contribution in [0.2, 0.25) is 0 Å². The Balaban J connectivity index is 4.33. The van der Waals surface area contributed by atoms with Gasteiger partial charge in [-0.25, -0.2) is 4.79 Å². The van der Waals surface area contributed by atoms with Crippen molar-refractivity contribution in [2.45, 2.75) is 19.6 Å². The molecule has 1 unspecified atom stereocenters. The largest absolute Gasteiger partial charge is 0.427 e. The number of aliphatic hydroxyl groups excluding tert-OH is 1. The molecule has 0 radical (unpaired) electrons. The maximum atomic E-state index is 10.7. The van der Waals surface area contributed by atoms with E-state index in [1.54, 1.807) is 13.8 Å². The fourth-order valence-corrected chi connectivity index (χ4v) is 0.549. The van der Waals surface area contributed by atoms with Crippen molar-refractivity contribution in [1.82, 2.24) is 0 Å².